The Kier molecular flexibility index (Phi) is 5.05. The predicted octanol–water partition coefficient (Wildman–Crippen LogP) is 2.27. The molecule has 5 heteroatoms. The second-order valence-electron chi connectivity index (χ2n) is 2.97. The molecule has 15 heavy (non-hydrogen) atoms. The minimum absolute atomic E-state index is 0.275. The average Bonchev–Trinajstić information content (AvgIpc) is 2.29. The number of halogens is 1. The van der Waals surface area contributed by atoms with Crippen molar-refractivity contribution >= 4 is 15.9 Å². The molecule has 0 spiro atoms. The van der Waals surface area contributed by atoms with E-state index in [1.54, 1.807) is 12.4 Å². The van der Waals surface area contributed by atoms with E-state index in [-0.39, 0.29) is 5.92 Å². The summed E-state index contributed by atoms with van der Waals surface area (Å²) >= 11 is 3.26. The Labute approximate surface area is 97.4 Å². The van der Waals surface area contributed by atoms with Gasteiger partial charge in [-0.25, -0.2) is 4.98 Å². The van der Waals surface area contributed by atoms with Gasteiger partial charge in [0.05, 0.1) is 36.7 Å². The Hall–Kier alpha value is -1.15. The van der Waals surface area contributed by atoms with E-state index in [2.05, 4.69) is 32.0 Å². The highest BCUT2D eigenvalue weighted by molar-refractivity contribution is 9.09. The summed E-state index contributed by atoms with van der Waals surface area (Å²) in [6.07, 6.45) is 4.07. The first-order valence-electron chi connectivity index (χ1n) is 4.72. The minimum Gasteiger partial charge on any atom is -0.477 e. The van der Waals surface area contributed by atoms with Crippen LogP contribution in [0, 0.1) is 11.3 Å². The Balaban J connectivity index is 2.78. The van der Waals surface area contributed by atoms with Gasteiger partial charge in [-0.3, -0.25) is 4.98 Å². The smallest absolute Gasteiger partial charge is 0.232 e. The lowest BCUT2D eigenvalue weighted by atomic mass is 10.1. The Morgan fingerprint density at radius 3 is 3.00 bits per heavy atom. The van der Waals surface area contributed by atoms with Crippen molar-refractivity contribution < 1.29 is 4.74 Å². The second-order valence-corrected chi connectivity index (χ2v) is 3.61. The molecule has 0 aliphatic rings. The van der Waals surface area contributed by atoms with Crippen molar-refractivity contribution in [1.29, 1.82) is 5.26 Å². The van der Waals surface area contributed by atoms with Crippen molar-refractivity contribution in [2.45, 2.75) is 19.3 Å². The highest BCUT2D eigenvalue weighted by atomic mass is 79.9. The molecule has 4 nitrogen and oxygen atoms in total. The summed E-state index contributed by atoms with van der Waals surface area (Å²) < 4.78 is 5.34. The number of ether oxygens (including phenoxy) is 1. The van der Waals surface area contributed by atoms with E-state index in [9.17, 15) is 0 Å². The van der Waals surface area contributed by atoms with Crippen molar-refractivity contribution in [2.24, 2.45) is 0 Å². The highest BCUT2D eigenvalue weighted by Gasteiger charge is 2.11. The standard InChI is InChI=1S/C10H12BrN3O/c1-2-3-15-10-7-13-6-9(14-10)8(4-11)5-12/h6-8H,2-4H2,1H3. The van der Waals surface area contributed by atoms with Gasteiger partial charge in [0.1, 0.15) is 0 Å². The molecule has 0 aromatic carbocycles. The van der Waals surface area contributed by atoms with Crippen LogP contribution in [0.1, 0.15) is 25.0 Å². The third kappa shape index (κ3) is 3.48. The molecule has 1 atom stereocenters. The first-order chi connectivity index (χ1) is 7.31. The van der Waals surface area contributed by atoms with Crippen LogP contribution >= 0.6 is 15.9 Å². The maximum Gasteiger partial charge on any atom is 0.232 e. The molecule has 1 rings (SSSR count). The maximum atomic E-state index is 8.86. The molecule has 0 radical (unpaired) electrons. The number of rotatable bonds is 5. The molecule has 1 aromatic heterocycles. The van der Waals surface area contributed by atoms with Crippen molar-refractivity contribution in [3.63, 3.8) is 0 Å². The van der Waals surface area contributed by atoms with Crippen LogP contribution in [0.25, 0.3) is 0 Å². The average molecular weight is 270 g/mol. The number of nitriles is 1. The lowest BCUT2D eigenvalue weighted by molar-refractivity contribution is 0.302. The summed E-state index contributed by atoms with van der Waals surface area (Å²) in [6.45, 7) is 2.64. The lowest BCUT2D eigenvalue weighted by Crippen LogP contribution is -2.04. The van der Waals surface area contributed by atoms with E-state index in [0.717, 1.165) is 6.42 Å². The lowest BCUT2D eigenvalue weighted by Gasteiger charge is -2.07. The van der Waals surface area contributed by atoms with Gasteiger partial charge in [0.15, 0.2) is 0 Å². The quantitative estimate of drug-likeness (QED) is 0.770. The van der Waals surface area contributed by atoms with Crippen LogP contribution in [0.15, 0.2) is 12.4 Å². The SMILES string of the molecule is CCCOc1cncc(C(C#N)CBr)n1. The predicted molar refractivity (Wildman–Crippen MR) is 60.0 cm³/mol. The van der Waals surface area contributed by atoms with Crippen LogP contribution in [0.3, 0.4) is 0 Å². The van der Waals surface area contributed by atoms with E-state index in [1.165, 1.54) is 0 Å². The van der Waals surface area contributed by atoms with Crippen LogP contribution < -0.4 is 4.74 Å². The summed E-state index contributed by atoms with van der Waals surface area (Å²) in [5.74, 6) is 0.207. The van der Waals surface area contributed by atoms with Crippen molar-refractivity contribution in [3.8, 4) is 11.9 Å². The van der Waals surface area contributed by atoms with Gasteiger partial charge in [-0.1, -0.05) is 22.9 Å². The van der Waals surface area contributed by atoms with Crippen molar-refractivity contribution in [1.82, 2.24) is 9.97 Å². The maximum absolute atomic E-state index is 8.86. The molecule has 1 heterocycles. The monoisotopic (exact) mass is 269 g/mol. The molecule has 0 N–H and O–H groups in total. The molecule has 0 amide bonds. The molecule has 0 saturated heterocycles. The van der Waals surface area contributed by atoms with E-state index >= 15 is 0 Å². The Morgan fingerprint density at radius 1 is 1.60 bits per heavy atom. The highest BCUT2D eigenvalue weighted by Crippen LogP contribution is 2.16. The number of aromatic nitrogens is 2. The van der Waals surface area contributed by atoms with Crippen LogP contribution in [-0.4, -0.2) is 21.9 Å². The first-order valence-corrected chi connectivity index (χ1v) is 5.84. The fourth-order valence-electron chi connectivity index (χ4n) is 0.986. The summed E-state index contributed by atoms with van der Waals surface area (Å²) in [5.41, 5.74) is 0.642. The molecule has 1 unspecified atom stereocenters. The molecular weight excluding hydrogens is 258 g/mol. The fourth-order valence-corrected chi connectivity index (χ4v) is 1.46. The largest absolute Gasteiger partial charge is 0.477 e. The zero-order valence-corrected chi connectivity index (χ0v) is 10.1. The van der Waals surface area contributed by atoms with Gasteiger partial charge >= 0.3 is 0 Å². The number of nitrogens with zero attached hydrogens (tertiary/aromatic N) is 3. The van der Waals surface area contributed by atoms with Gasteiger partial charge in [0, 0.05) is 5.33 Å². The first kappa shape index (κ1) is 11.9. The van der Waals surface area contributed by atoms with Gasteiger partial charge in [-0.15, -0.1) is 0 Å². The zero-order chi connectivity index (χ0) is 11.1. The molecule has 0 aliphatic carbocycles. The van der Waals surface area contributed by atoms with Gasteiger partial charge in [-0.05, 0) is 6.42 Å². The molecule has 1 aromatic rings. The second kappa shape index (κ2) is 6.36. The molecule has 0 saturated carbocycles. The van der Waals surface area contributed by atoms with Gasteiger partial charge in [0.25, 0.3) is 0 Å². The molecule has 0 aliphatic heterocycles. The normalized spacial score (nSPS) is 11.8. The van der Waals surface area contributed by atoms with Gasteiger partial charge < -0.3 is 4.74 Å². The molecule has 0 bridgehead atoms. The van der Waals surface area contributed by atoms with Crippen LogP contribution in [0.4, 0.5) is 0 Å². The van der Waals surface area contributed by atoms with Crippen LogP contribution in [0.5, 0.6) is 5.88 Å². The summed E-state index contributed by atoms with van der Waals surface area (Å²) in [7, 11) is 0. The third-order valence-electron chi connectivity index (χ3n) is 1.75. The van der Waals surface area contributed by atoms with E-state index < -0.39 is 0 Å². The summed E-state index contributed by atoms with van der Waals surface area (Å²) in [5, 5.41) is 9.41. The number of hydrogen-bond acceptors (Lipinski definition) is 4. The summed E-state index contributed by atoms with van der Waals surface area (Å²) in [6, 6.07) is 2.15. The van der Waals surface area contributed by atoms with E-state index in [0.29, 0.717) is 23.5 Å². The topological polar surface area (TPSA) is 58.8 Å². The van der Waals surface area contributed by atoms with Gasteiger partial charge in [-0.2, -0.15) is 5.26 Å². The summed E-state index contributed by atoms with van der Waals surface area (Å²) in [4.78, 5) is 8.21. The molecule has 0 fully saturated rings. The van der Waals surface area contributed by atoms with Crippen LogP contribution in [-0.2, 0) is 0 Å². The van der Waals surface area contributed by atoms with Gasteiger partial charge in [0.2, 0.25) is 5.88 Å². The molecule has 80 valence electrons. The van der Waals surface area contributed by atoms with E-state index in [1.807, 2.05) is 6.92 Å². The zero-order valence-electron chi connectivity index (χ0n) is 8.48. The van der Waals surface area contributed by atoms with Crippen molar-refractivity contribution in [3.05, 3.63) is 18.1 Å². The fraction of sp³-hybridized carbons (Fsp3) is 0.500. The van der Waals surface area contributed by atoms with E-state index in [4.69, 9.17) is 10.00 Å². The Bertz CT molecular complexity index is 351. The van der Waals surface area contributed by atoms with Crippen LogP contribution in [0.2, 0.25) is 0 Å². The Morgan fingerprint density at radius 2 is 2.40 bits per heavy atom. The third-order valence-corrected chi connectivity index (χ3v) is 2.40. The molecular formula is C10H12BrN3O. The minimum atomic E-state index is -0.275. The van der Waals surface area contributed by atoms with Crippen molar-refractivity contribution in [2.75, 3.05) is 11.9 Å². The number of hydrogen-bond donors (Lipinski definition) is 0. The number of alkyl halides is 1.